The van der Waals surface area contributed by atoms with Crippen molar-refractivity contribution in [3.05, 3.63) is 29.5 Å². The number of nitrogens with one attached hydrogen (secondary N) is 1. The van der Waals surface area contributed by atoms with Gasteiger partial charge in [-0.05, 0) is 23.7 Å². The maximum absolute atomic E-state index is 11.3. The topological polar surface area (TPSA) is 80.2 Å². The van der Waals surface area contributed by atoms with Crippen LogP contribution in [0.4, 0.5) is 11.5 Å². The predicted octanol–water partition coefficient (Wildman–Crippen LogP) is 3.20. The third kappa shape index (κ3) is 3.48. The minimum atomic E-state index is -0.112. The molecule has 2 aromatic heterocycles. The molecule has 134 valence electrons. The highest BCUT2D eigenvalue weighted by Gasteiger charge is 2.20. The summed E-state index contributed by atoms with van der Waals surface area (Å²) in [6, 6.07) is 7.57. The molecule has 1 amide bonds. The Morgan fingerprint density at radius 2 is 2.08 bits per heavy atom. The van der Waals surface area contributed by atoms with E-state index in [1.54, 1.807) is 0 Å². The van der Waals surface area contributed by atoms with Gasteiger partial charge in [0.1, 0.15) is 10.5 Å². The summed E-state index contributed by atoms with van der Waals surface area (Å²) in [6.07, 6.45) is 0. The van der Waals surface area contributed by atoms with E-state index in [0.29, 0.717) is 13.2 Å². The second-order valence-electron chi connectivity index (χ2n) is 5.85. The maximum Gasteiger partial charge on any atom is 0.225 e. The lowest BCUT2D eigenvalue weighted by atomic mass is 10.2. The highest BCUT2D eigenvalue weighted by molar-refractivity contribution is 7.21. The Morgan fingerprint density at radius 3 is 2.85 bits per heavy atom. The fraction of sp³-hybridized carbons (Fsp3) is 0.294. The number of aromatic nitrogens is 3. The van der Waals surface area contributed by atoms with Gasteiger partial charge in [-0.3, -0.25) is 4.79 Å². The number of morpholine rings is 1. The van der Waals surface area contributed by atoms with Crippen molar-refractivity contribution in [1.29, 1.82) is 0 Å². The molecule has 0 atom stereocenters. The number of carbonyl (C=O) groups is 1. The molecule has 1 aromatic carbocycles. The van der Waals surface area contributed by atoms with Gasteiger partial charge in [-0.2, -0.15) is 4.98 Å². The van der Waals surface area contributed by atoms with E-state index in [9.17, 15) is 4.79 Å². The Labute approximate surface area is 159 Å². The van der Waals surface area contributed by atoms with Gasteiger partial charge in [0, 0.05) is 31.3 Å². The van der Waals surface area contributed by atoms with Crippen LogP contribution in [0.5, 0.6) is 0 Å². The molecule has 0 spiro atoms. The Kier molecular flexibility index (Phi) is 4.71. The molecule has 0 aliphatic carbocycles. The Morgan fingerprint density at radius 1 is 1.27 bits per heavy atom. The monoisotopic (exact) mass is 389 g/mol. The van der Waals surface area contributed by atoms with Crippen LogP contribution in [0.1, 0.15) is 6.92 Å². The highest BCUT2D eigenvalue weighted by atomic mass is 35.5. The zero-order chi connectivity index (χ0) is 18.1. The summed E-state index contributed by atoms with van der Waals surface area (Å²) in [5.41, 5.74) is 2.37. The Hall–Kier alpha value is -2.29. The summed E-state index contributed by atoms with van der Waals surface area (Å²) < 4.78 is 5.41. The van der Waals surface area contributed by atoms with Crippen molar-refractivity contribution in [3.8, 4) is 10.6 Å². The number of hydrogen-bond acceptors (Lipinski definition) is 7. The van der Waals surface area contributed by atoms with Crippen LogP contribution in [-0.4, -0.2) is 47.2 Å². The SMILES string of the molecule is CC(=O)Nc1cccc(-c2nc3c(N4CCOCC4)nc(Cl)nc3s2)c1. The minimum absolute atomic E-state index is 0.112. The molecule has 3 aromatic rings. The molecule has 9 heteroatoms. The summed E-state index contributed by atoms with van der Waals surface area (Å²) in [7, 11) is 0. The summed E-state index contributed by atoms with van der Waals surface area (Å²) in [5, 5.41) is 3.80. The van der Waals surface area contributed by atoms with Crippen molar-refractivity contribution in [2.24, 2.45) is 0 Å². The molecule has 1 aliphatic heterocycles. The molecular formula is C17H16ClN5O2S. The summed E-state index contributed by atoms with van der Waals surface area (Å²) in [6.45, 7) is 4.27. The lowest BCUT2D eigenvalue weighted by Crippen LogP contribution is -2.37. The van der Waals surface area contributed by atoms with Crippen LogP contribution in [0.25, 0.3) is 20.9 Å². The van der Waals surface area contributed by atoms with Crippen molar-refractivity contribution >= 4 is 50.7 Å². The van der Waals surface area contributed by atoms with Crippen molar-refractivity contribution in [2.75, 3.05) is 36.5 Å². The number of halogens is 1. The van der Waals surface area contributed by atoms with Crippen LogP contribution in [0.15, 0.2) is 24.3 Å². The summed E-state index contributed by atoms with van der Waals surface area (Å²) >= 11 is 7.59. The molecule has 0 radical (unpaired) electrons. The number of amides is 1. The number of anilines is 2. The second-order valence-corrected chi connectivity index (χ2v) is 7.17. The van der Waals surface area contributed by atoms with E-state index in [1.165, 1.54) is 18.3 Å². The first kappa shape index (κ1) is 17.1. The fourth-order valence-corrected chi connectivity index (χ4v) is 3.98. The maximum atomic E-state index is 11.3. The van der Waals surface area contributed by atoms with Crippen molar-refractivity contribution in [1.82, 2.24) is 15.0 Å². The van der Waals surface area contributed by atoms with Gasteiger partial charge in [0.2, 0.25) is 11.2 Å². The van der Waals surface area contributed by atoms with E-state index < -0.39 is 0 Å². The number of thiazole rings is 1. The quantitative estimate of drug-likeness (QED) is 0.693. The number of hydrogen-bond donors (Lipinski definition) is 1. The van der Waals surface area contributed by atoms with Gasteiger partial charge in [-0.1, -0.05) is 23.5 Å². The molecule has 1 fully saturated rings. The first-order chi connectivity index (χ1) is 12.6. The minimum Gasteiger partial charge on any atom is -0.378 e. The zero-order valence-corrected chi connectivity index (χ0v) is 15.6. The van der Waals surface area contributed by atoms with E-state index in [-0.39, 0.29) is 11.2 Å². The number of benzene rings is 1. The standard InChI is InChI=1S/C17H16ClN5O2S/c1-10(24)19-12-4-2-3-11(9-12)15-20-13-14(23-5-7-25-8-6-23)21-17(18)22-16(13)26-15/h2-4,9H,5-8H2,1H3,(H,19,24). The molecule has 1 aliphatic rings. The van der Waals surface area contributed by atoms with Crippen LogP contribution in [0.3, 0.4) is 0 Å². The largest absolute Gasteiger partial charge is 0.378 e. The number of rotatable bonds is 3. The normalized spacial score (nSPS) is 14.6. The Bertz CT molecular complexity index is 971. The van der Waals surface area contributed by atoms with Gasteiger partial charge in [0.25, 0.3) is 0 Å². The molecule has 0 bridgehead atoms. The van der Waals surface area contributed by atoms with E-state index in [4.69, 9.17) is 21.3 Å². The third-order valence-corrected chi connectivity index (χ3v) is 5.12. The first-order valence-electron chi connectivity index (χ1n) is 8.15. The van der Waals surface area contributed by atoms with Crippen molar-refractivity contribution < 1.29 is 9.53 Å². The summed E-state index contributed by atoms with van der Waals surface area (Å²) in [4.78, 5) is 27.6. The van der Waals surface area contributed by atoms with E-state index in [0.717, 1.165) is 45.5 Å². The zero-order valence-electron chi connectivity index (χ0n) is 14.0. The van der Waals surface area contributed by atoms with Crippen LogP contribution in [-0.2, 0) is 9.53 Å². The third-order valence-electron chi connectivity index (χ3n) is 3.95. The lowest BCUT2D eigenvalue weighted by molar-refractivity contribution is -0.114. The fourth-order valence-electron chi connectivity index (χ4n) is 2.83. The molecule has 1 saturated heterocycles. The van der Waals surface area contributed by atoms with E-state index >= 15 is 0 Å². The van der Waals surface area contributed by atoms with Crippen LogP contribution < -0.4 is 10.2 Å². The molecular weight excluding hydrogens is 374 g/mol. The lowest BCUT2D eigenvalue weighted by Gasteiger charge is -2.27. The number of carbonyl (C=O) groups excluding carboxylic acids is 1. The molecule has 0 saturated carbocycles. The van der Waals surface area contributed by atoms with Crippen molar-refractivity contribution in [3.63, 3.8) is 0 Å². The molecule has 1 N–H and O–H groups in total. The van der Waals surface area contributed by atoms with Crippen LogP contribution in [0.2, 0.25) is 5.28 Å². The van der Waals surface area contributed by atoms with Gasteiger partial charge in [0.15, 0.2) is 10.6 Å². The van der Waals surface area contributed by atoms with E-state index in [1.807, 2.05) is 24.3 Å². The van der Waals surface area contributed by atoms with E-state index in [2.05, 4.69) is 20.2 Å². The summed E-state index contributed by atoms with van der Waals surface area (Å²) in [5.74, 6) is 0.627. The van der Waals surface area contributed by atoms with Gasteiger partial charge in [-0.15, -0.1) is 0 Å². The van der Waals surface area contributed by atoms with Gasteiger partial charge in [0.05, 0.1) is 13.2 Å². The molecule has 26 heavy (non-hydrogen) atoms. The Balaban J connectivity index is 1.77. The number of ether oxygens (including phenoxy) is 1. The molecule has 4 rings (SSSR count). The number of fused-ring (bicyclic) bond motifs is 1. The average Bonchev–Trinajstić information content (AvgIpc) is 3.05. The average molecular weight is 390 g/mol. The van der Waals surface area contributed by atoms with Gasteiger partial charge >= 0.3 is 0 Å². The predicted molar refractivity (Wildman–Crippen MR) is 103 cm³/mol. The second kappa shape index (κ2) is 7.14. The van der Waals surface area contributed by atoms with Crippen molar-refractivity contribution in [2.45, 2.75) is 6.92 Å². The smallest absolute Gasteiger partial charge is 0.225 e. The van der Waals surface area contributed by atoms with Gasteiger partial charge in [-0.25, -0.2) is 9.97 Å². The molecule has 3 heterocycles. The number of nitrogens with zero attached hydrogens (tertiary/aromatic N) is 4. The molecule has 7 nitrogen and oxygen atoms in total. The van der Waals surface area contributed by atoms with Gasteiger partial charge < -0.3 is 15.0 Å². The highest BCUT2D eigenvalue weighted by Crippen LogP contribution is 2.35. The van der Waals surface area contributed by atoms with Crippen LogP contribution in [0, 0.1) is 0 Å². The molecule has 0 unspecified atom stereocenters. The van der Waals surface area contributed by atoms with Crippen LogP contribution >= 0.6 is 22.9 Å². The first-order valence-corrected chi connectivity index (χ1v) is 9.34.